The summed E-state index contributed by atoms with van der Waals surface area (Å²) in [5.41, 5.74) is 1.85. The van der Waals surface area contributed by atoms with Crippen LogP contribution in [0.25, 0.3) is 0 Å². The van der Waals surface area contributed by atoms with E-state index in [2.05, 4.69) is 10.3 Å². The monoisotopic (exact) mass is 462 g/mol. The zero-order valence-corrected chi connectivity index (χ0v) is 19.0. The Kier molecular flexibility index (Phi) is 7.69. The van der Waals surface area contributed by atoms with E-state index in [0.717, 1.165) is 28.1 Å². The van der Waals surface area contributed by atoms with Crippen LogP contribution in [0.2, 0.25) is 0 Å². The summed E-state index contributed by atoms with van der Waals surface area (Å²) in [4.78, 5) is 17.7. The maximum absolute atomic E-state index is 15.0. The van der Waals surface area contributed by atoms with Gasteiger partial charge >= 0.3 is 0 Å². The second-order valence-electron chi connectivity index (χ2n) is 7.59. The van der Waals surface area contributed by atoms with Crippen LogP contribution in [0, 0.1) is 12.7 Å². The van der Waals surface area contributed by atoms with E-state index in [0.29, 0.717) is 31.6 Å². The lowest BCUT2D eigenvalue weighted by Gasteiger charge is -2.11. The summed E-state index contributed by atoms with van der Waals surface area (Å²) in [6.07, 6.45) is 0.710. The van der Waals surface area contributed by atoms with Crippen molar-refractivity contribution in [3.05, 3.63) is 86.1 Å². The molecule has 2 aromatic carbocycles. The number of aryl methyl sites for hydroxylation is 1. The molecule has 8 heteroatoms. The van der Waals surface area contributed by atoms with Crippen molar-refractivity contribution in [1.82, 2.24) is 10.3 Å². The summed E-state index contributed by atoms with van der Waals surface area (Å²) in [6.45, 7) is 3.35. The lowest BCUT2D eigenvalue weighted by atomic mass is 10.0. The average Bonchev–Trinajstić information content (AvgIpc) is 3.07. The van der Waals surface area contributed by atoms with Gasteiger partial charge in [-0.25, -0.2) is 18.2 Å². The van der Waals surface area contributed by atoms with Crippen molar-refractivity contribution in [3.63, 3.8) is 0 Å². The number of methoxy groups -OCH3 is 1. The predicted octanol–water partition coefficient (Wildman–Crippen LogP) is 5.26. The number of carbonyl (C=O) groups excluding carboxylic acids is 1. The summed E-state index contributed by atoms with van der Waals surface area (Å²) in [7, 11) is 1.52. The number of carbonyl (C=O) groups is 1. The first-order valence-electron chi connectivity index (χ1n) is 10.2. The van der Waals surface area contributed by atoms with Gasteiger partial charge < -0.3 is 10.1 Å². The van der Waals surface area contributed by atoms with Gasteiger partial charge in [0.05, 0.1) is 22.9 Å². The molecule has 0 aliphatic carbocycles. The Labute approximate surface area is 189 Å². The van der Waals surface area contributed by atoms with Crippen LogP contribution in [0.3, 0.4) is 0 Å². The molecule has 1 aromatic heterocycles. The minimum Gasteiger partial charge on any atom is -0.383 e. The molecule has 0 spiro atoms. The molecule has 32 heavy (non-hydrogen) atoms. The van der Waals surface area contributed by atoms with Crippen molar-refractivity contribution >= 4 is 17.2 Å². The normalized spacial score (nSPS) is 11.6. The van der Waals surface area contributed by atoms with Gasteiger partial charge in [0.15, 0.2) is 0 Å². The van der Waals surface area contributed by atoms with Gasteiger partial charge in [-0.15, -0.1) is 11.3 Å². The van der Waals surface area contributed by atoms with Crippen LogP contribution >= 0.6 is 11.3 Å². The highest BCUT2D eigenvalue weighted by Crippen LogP contribution is 2.29. The third kappa shape index (κ3) is 5.95. The van der Waals surface area contributed by atoms with Crippen molar-refractivity contribution in [2.24, 2.45) is 0 Å². The Morgan fingerprint density at radius 2 is 1.94 bits per heavy atom. The minimum atomic E-state index is -2.90. The highest BCUT2D eigenvalue weighted by molar-refractivity contribution is 7.11. The molecule has 0 aliphatic heterocycles. The molecule has 0 aliphatic rings. The summed E-state index contributed by atoms with van der Waals surface area (Å²) < 4.78 is 47.1. The Balaban J connectivity index is 1.76. The van der Waals surface area contributed by atoms with E-state index in [1.165, 1.54) is 36.6 Å². The van der Waals surface area contributed by atoms with Crippen molar-refractivity contribution in [3.8, 4) is 0 Å². The quantitative estimate of drug-likeness (QED) is 0.442. The molecule has 1 N–H and O–H groups in total. The van der Waals surface area contributed by atoms with E-state index in [9.17, 15) is 18.0 Å². The fourth-order valence-corrected chi connectivity index (χ4v) is 4.41. The molecule has 0 atom stereocenters. The number of nitrogens with zero attached hydrogens (tertiary/aromatic N) is 1. The molecule has 3 aromatic rings. The second-order valence-corrected chi connectivity index (χ2v) is 8.75. The first-order chi connectivity index (χ1) is 15.2. The number of ether oxygens (including phenoxy) is 1. The van der Waals surface area contributed by atoms with Gasteiger partial charge in [0.25, 0.3) is 11.8 Å². The van der Waals surface area contributed by atoms with Crippen LogP contribution in [0.15, 0.2) is 42.5 Å². The molecule has 4 nitrogen and oxygen atoms in total. The SMILES string of the molecule is COCCNC(=O)c1cccc(Cc2sc(Cc3cccc(C(C)(F)F)c3)nc2C)c1F. The largest absolute Gasteiger partial charge is 0.383 e. The Morgan fingerprint density at radius 3 is 2.66 bits per heavy atom. The van der Waals surface area contributed by atoms with Crippen molar-refractivity contribution < 1.29 is 22.7 Å². The highest BCUT2D eigenvalue weighted by Gasteiger charge is 2.24. The summed E-state index contributed by atoms with van der Waals surface area (Å²) in [5.74, 6) is -3.95. The summed E-state index contributed by atoms with van der Waals surface area (Å²) >= 11 is 1.42. The Hall–Kier alpha value is -2.71. The molecule has 0 bridgehead atoms. The maximum atomic E-state index is 15.0. The summed E-state index contributed by atoms with van der Waals surface area (Å²) in [5, 5.41) is 3.39. The third-order valence-corrected chi connectivity index (χ3v) is 6.15. The number of nitrogens with one attached hydrogen (secondary N) is 1. The number of rotatable bonds is 9. The van der Waals surface area contributed by atoms with Crippen molar-refractivity contribution in [1.29, 1.82) is 0 Å². The minimum absolute atomic E-state index is 0.0155. The fraction of sp³-hybridized carbons (Fsp3) is 0.333. The van der Waals surface area contributed by atoms with Gasteiger partial charge in [0, 0.05) is 43.9 Å². The van der Waals surface area contributed by atoms with Crippen LogP contribution in [0.5, 0.6) is 0 Å². The Bertz CT molecular complexity index is 1090. The van der Waals surface area contributed by atoms with E-state index >= 15 is 0 Å². The smallest absolute Gasteiger partial charge is 0.270 e. The van der Waals surface area contributed by atoms with E-state index in [1.54, 1.807) is 24.3 Å². The van der Waals surface area contributed by atoms with E-state index in [-0.39, 0.29) is 11.1 Å². The van der Waals surface area contributed by atoms with Crippen LogP contribution in [-0.2, 0) is 23.5 Å². The maximum Gasteiger partial charge on any atom is 0.270 e. The fourth-order valence-electron chi connectivity index (χ4n) is 3.28. The van der Waals surface area contributed by atoms with Crippen molar-refractivity contribution in [2.45, 2.75) is 32.6 Å². The molecule has 0 unspecified atom stereocenters. The summed E-state index contributed by atoms with van der Waals surface area (Å²) in [6, 6.07) is 11.0. The lowest BCUT2D eigenvalue weighted by molar-refractivity contribution is 0.0174. The van der Waals surface area contributed by atoms with E-state index in [4.69, 9.17) is 4.74 Å². The van der Waals surface area contributed by atoms with Crippen LogP contribution in [0.4, 0.5) is 13.2 Å². The molecular formula is C24H25F3N2O2S. The molecule has 0 saturated heterocycles. The standard InChI is InChI=1S/C24H25F3N2O2S/c1-15-20(14-17-7-5-9-19(22(17)25)23(30)28-10-11-31-3)32-21(29-15)13-16-6-4-8-18(12-16)24(2,26)27/h4-9,12H,10-11,13-14H2,1-3H3,(H,28,30). The topological polar surface area (TPSA) is 51.2 Å². The number of benzene rings is 2. The molecule has 1 heterocycles. The number of amides is 1. The van der Waals surface area contributed by atoms with E-state index < -0.39 is 17.6 Å². The molecule has 170 valence electrons. The van der Waals surface area contributed by atoms with Gasteiger partial charge in [-0.05, 0) is 30.2 Å². The highest BCUT2D eigenvalue weighted by atomic mass is 32.1. The van der Waals surface area contributed by atoms with Gasteiger partial charge in [-0.1, -0.05) is 30.3 Å². The van der Waals surface area contributed by atoms with Crippen LogP contribution in [-0.4, -0.2) is 31.2 Å². The number of alkyl halides is 2. The molecule has 1 amide bonds. The number of aromatic nitrogens is 1. The zero-order chi connectivity index (χ0) is 23.3. The van der Waals surface area contributed by atoms with Gasteiger partial charge in [0.2, 0.25) is 0 Å². The van der Waals surface area contributed by atoms with Gasteiger partial charge in [-0.3, -0.25) is 4.79 Å². The molecule has 0 radical (unpaired) electrons. The van der Waals surface area contributed by atoms with E-state index in [1.807, 2.05) is 6.92 Å². The van der Waals surface area contributed by atoms with Gasteiger partial charge in [-0.2, -0.15) is 0 Å². The lowest BCUT2D eigenvalue weighted by Crippen LogP contribution is -2.28. The number of hydrogen-bond donors (Lipinski definition) is 1. The molecule has 0 fully saturated rings. The van der Waals surface area contributed by atoms with Gasteiger partial charge in [0.1, 0.15) is 5.82 Å². The Morgan fingerprint density at radius 1 is 1.19 bits per heavy atom. The number of thiazole rings is 1. The second kappa shape index (κ2) is 10.3. The first kappa shape index (κ1) is 23.9. The van der Waals surface area contributed by atoms with Crippen LogP contribution in [0.1, 0.15) is 49.6 Å². The average molecular weight is 463 g/mol. The molecule has 0 saturated carbocycles. The van der Waals surface area contributed by atoms with Crippen LogP contribution < -0.4 is 5.32 Å². The zero-order valence-electron chi connectivity index (χ0n) is 18.2. The number of halogens is 3. The van der Waals surface area contributed by atoms with Crippen molar-refractivity contribution in [2.75, 3.05) is 20.3 Å². The predicted molar refractivity (Wildman–Crippen MR) is 119 cm³/mol. The molecule has 3 rings (SSSR count). The molecular weight excluding hydrogens is 437 g/mol. The third-order valence-electron chi connectivity index (χ3n) is 4.99. The number of hydrogen-bond acceptors (Lipinski definition) is 4. The first-order valence-corrected chi connectivity index (χ1v) is 11.0.